The van der Waals surface area contributed by atoms with Crippen LogP contribution in [0, 0.1) is 0 Å². The lowest BCUT2D eigenvalue weighted by atomic mass is 9.85. The van der Waals surface area contributed by atoms with Gasteiger partial charge in [-0.15, -0.1) is 0 Å². The number of hydrogen-bond acceptors (Lipinski definition) is 7. The molecule has 7 nitrogen and oxygen atoms in total. The van der Waals surface area contributed by atoms with Crippen LogP contribution < -0.4 is 0 Å². The Kier molecular flexibility index (Phi) is 4.20. The monoisotopic (exact) mass is 308 g/mol. The summed E-state index contributed by atoms with van der Waals surface area (Å²) in [6.07, 6.45) is -0.0736. The highest BCUT2D eigenvalue weighted by Crippen LogP contribution is 2.41. The molecule has 0 bridgehead atoms. The van der Waals surface area contributed by atoms with E-state index < -0.39 is 35.8 Å². The summed E-state index contributed by atoms with van der Waals surface area (Å²) in [5.41, 5.74) is -0.823. The number of aliphatic hydroxyl groups excluding tert-OH is 2. The number of hydrogen-bond donors (Lipinski definition) is 4. The number of methoxy groups -OCH3 is 1. The maximum atomic E-state index is 12.3. The van der Waals surface area contributed by atoms with Crippen LogP contribution >= 0.6 is 0 Å². The molecule has 1 aromatic rings. The molecule has 1 aromatic carbocycles. The average molecular weight is 308 g/mol. The number of ketones is 2. The molecule has 0 radical (unpaired) electrons. The van der Waals surface area contributed by atoms with Gasteiger partial charge < -0.3 is 25.2 Å². The fraction of sp³-hybridized carbons (Fsp3) is 0.333. The van der Waals surface area contributed by atoms with Crippen LogP contribution in [-0.2, 0) is 17.8 Å². The SMILES string of the molecule is COC1=CC(=O)c2c(O)c(CO)c(C[C@H](C)O)c(O)c2C1=O. The van der Waals surface area contributed by atoms with Gasteiger partial charge in [-0.2, -0.15) is 0 Å². The minimum atomic E-state index is -0.888. The van der Waals surface area contributed by atoms with Gasteiger partial charge in [0.2, 0.25) is 5.78 Å². The zero-order valence-electron chi connectivity index (χ0n) is 12.1. The van der Waals surface area contributed by atoms with Crippen molar-refractivity contribution in [1.29, 1.82) is 0 Å². The first-order valence-electron chi connectivity index (χ1n) is 6.56. The summed E-state index contributed by atoms with van der Waals surface area (Å²) >= 11 is 0. The number of aromatic hydroxyl groups is 2. The van der Waals surface area contributed by atoms with Crippen molar-refractivity contribution < 1.29 is 34.8 Å². The molecule has 0 saturated heterocycles. The molecule has 2 rings (SSSR count). The zero-order chi connectivity index (χ0) is 16.6. The van der Waals surface area contributed by atoms with Crippen LogP contribution in [-0.4, -0.2) is 45.2 Å². The van der Waals surface area contributed by atoms with Crippen molar-refractivity contribution in [3.05, 3.63) is 34.1 Å². The van der Waals surface area contributed by atoms with Crippen molar-refractivity contribution in [2.45, 2.75) is 26.1 Å². The van der Waals surface area contributed by atoms with Gasteiger partial charge in [-0.3, -0.25) is 9.59 Å². The Bertz CT molecular complexity index is 686. The van der Waals surface area contributed by atoms with E-state index >= 15 is 0 Å². The quantitative estimate of drug-likeness (QED) is 0.594. The first-order valence-corrected chi connectivity index (χ1v) is 6.56. The van der Waals surface area contributed by atoms with Crippen molar-refractivity contribution in [2.24, 2.45) is 0 Å². The van der Waals surface area contributed by atoms with Crippen LogP contribution in [0.3, 0.4) is 0 Å². The fourth-order valence-corrected chi connectivity index (χ4v) is 2.50. The number of phenols is 2. The summed E-state index contributed by atoms with van der Waals surface area (Å²) in [5.74, 6) is -2.83. The molecule has 0 aliphatic heterocycles. The molecule has 0 unspecified atom stereocenters. The Morgan fingerprint density at radius 3 is 2.23 bits per heavy atom. The summed E-state index contributed by atoms with van der Waals surface area (Å²) in [4.78, 5) is 24.3. The maximum Gasteiger partial charge on any atom is 0.232 e. The van der Waals surface area contributed by atoms with E-state index in [9.17, 15) is 30.0 Å². The van der Waals surface area contributed by atoms with Gasteiger partial charge in [0.25, 0.3) is 0 Å². The second-order valence-corrected chi connectivity index (χ2v) is 5.02. The number of carbonyl (C=O) groups is 2. The molecule has 4 N–H and O–H groups in total. The first-order chi connectivity index (χ1) is 10.3. The van der Waals surface area contributed by atoms with Gasteiger partial charge in [0, 0.05) is 23.6 Å². The standard InChI is InChI=1S/C15H16O7/c1-6(17)3-7-8(5-16)14(20)11-9(18)4-10(22-2)15(21)12(11)13(7)19/h4,6,16-17,19-20H,3,5H2,1-2H3/t6-/m0/s1. The highest BCUT2D eigenvalue weighted by molar-refractivity contribution is 6.26. The third-order valence-corrected chi connectivity index (χ3v) is 3.50. The number of Topliss-reactive ketones (excluding diaryl/α,β-unsaturated/α-hetero) is 1. The van der Waals surface area contributed by atoms with Crippen LogP contribution in [0.1, 0.15) is 38.8 Å². The van der Waals surface area contributed by atoms with Gasteiger partial charge in [-0.05, 0) is 6.92 Å². The van der Waals surface area contributed by atoms with Crippen molar-refractivity contribution in [3.8, 4) is 11.5 Å². The number of rotatable bonds is 4. The van der Waals surface area contributed by atoms with Gasteiger partial charge in [0.1, 0.15) is 11.5 Å². The number of ether oxygens (including phenoxy) is 1. The predicted molar refractivity (Wildman–Crippen MR) is 74.8 cm³/mol. The number of allylic oxidation sites excluding steroid dienone is 2. The molecule has 0 aromatic heterocycles. The molecule has 22 heavy (non-hydrogen) atoms. The zero-order valence-corrected chi connectivity index (χ0v) is 12.1. The molecular weight excluding hydrogens is 292 g/mol. The van der Waals surface area contributed by atoms with Gasteiger partial charge in [-0.25, -0.2) is 0 Å². The van der Waals surface area contributed by atoms with E-state index in [4.69, 9.17) is 4.74 Å². The van der Waals surface area contributed by atoms with E-state index in [2.05, 4.69) is 0 Å². The Morgan fingerprint density at radius 1 is 1.14 bits per heavy atom. The van der Waals surface area contributed by atoms with Crippen LogP contribution in [0.4, 0.5) is 0 Å². The lowest BCUT2D eigenvalue weighted by molar-refractivity contribution is 0.0911. The molecule has 1 aliphatic rings. The third kappa shape index (κ3) is 2.34. The van der Waals surface area contributed by atoms with Crippen LogP contribution in [0.2, 0.25) is 0 Å². The van der Waals surface area contributed by atoms with Crippen LogP contribution in [0.25, 0.3) is 0 Å². The van der Waals surface area contributed by atoms with Crippen molar-refractivity contribution in [2.75, 3.05) is 7.11 Å². The van der Waals surface area contributed by atoms with Gasteiger partial charge in [0.05, 0.1) is 30.9 Å². The molecule has 0 heterocycles. The normalized spacial score (nSPS) is 15.4. The third-order valence-electron chi connectivity index (χ3n) is 3.50. The summed E-state index contributed by atoms with van der Waals surface area (Å²) < 4.78 is 4.80. The number of carbonyl (C=O) groups excluding carboxylic acids is 2. The van der Waals surface area contributed by atoms with E-state index in [0.29, 0.717) is 0 Å². The average Bonchev–Trinajstić information content (AvgIpc) is 2.46. The van der Waals surface area contributed by atoms with Gasteiger partial charge in [-0.1, -0.05) is 0 Å². The largest absolute Gasteiger partial charge is 0.507 e. The van der Waals surface area contributed by atoms with E-state index in [1.807, 2.05) is 0 Å². The van der Waals surface area contributed by atoms with E-state index in [1.165, 1.54) is 14.0 Å². The molecule has 7 heteroatoms. The lowest BCUT2D eigenvalue weighted by Gasteiger charge is -2.22. The molecule has 0 fully saturated rings. The number of phenolic OH excluding ortho intramolecular Hbond substituents is 1. The maximum absolute atomic E-state index is 12.3. The Balaban J connectivity index is 2.81. The topological polar surface area (TPSA) is 124 Å². The van der Waals surface area contributed by atoms with E-state index in [0.717, 1.165) is 6.08 Å². The minimum Gasteiger partial charge on any atom is -0.507 e. The Morgan fingerprint density at radius 2 is 1.73 bits per heavy atom. The second kappa shape index (κ2) is 5.78. The second-order valence-electron chi connectivity index (χ2n) is 5.02. The molecule has 118 valence electrons. The van der Waals surface area contributed by atoms with Crippen LogP contribution in [0.5, 0.6) is 11.5 Å². The van der Waals surface area contributed by atoms with Crippen molar-refractivity contribution in [3.63, 3.8) is 0 Å². The van der Waals surface area contributed by atoms with E-state index in [1.54, 1.807) is 0 Å². The first kappa shape index (κ1) is 16.0. The summed E-state index contributed by atoms with van der Waals surface area (Å²) in [7, 11) is 1.21. The van der Waals surface area contributed by atoms with Crippen molar-refractivity contribution in [1.82, 2.24) is 0 Å². The Hall–Kier alpha value is -2.38. The smallest absolute Gasteiger partial charge is 0.232 e. The fourth-order valence-electron chi connectivity index (χ4n) is 2.50. The summed E-state index contributed by atoms with van der Waals surface area (Å²) in [5, 5.41) is 39.4. The molecule has 0 saturated carbocycles. The van der Waals surface area contributed by atoms with Crippen LogP contribution in [0.15, 0.2) is 11.8 Å². The Labute approximate surface area is 126 Å². The van der Waals surface area contributed by atoms with Crippen molar-refractivity contribution >= 4 is 11.6 Å². The van der Waals surface area contributed by atoms with Gasteiger partial charge >= 0.3 is 0 Å². The summed E-state index contributed by atoms with van der Waals surface area (Å²) in [6.45, 7) is 0.793. The predicted octanol–water partition coefficient (Wildman–Crippen LogP) is 0.423. The summed E-state index contributed by atoms with van der Waals surface area (Å²) in [6, 6.07) is 0. The molecule has 0 amide bonds. The highest BCUT2D eigenvalue weighted by atomic mass is 16.5. The molecule has 1 aliphatic carbocycles. The number of aliphatic hydroxyl groups is 2. The lowest BCUT2D eigenvalue weighted by Crippen LogP contribution is -2.21. The number of fused-ring (bicyclic) bond motifs is 1. The molecular formula is C15H16O7. The molecule has 0 spiro atoms. The number of benzene rings is 1. The molecule has 1 atom stereocenters. The van der Waals surface area contributed by atoms with Gasteiger partial charge in [0.15, 0.2) is 11.5 Å². The highest BCUT2D eigenvalue weighted by Gasteiger charge is 2.35. The minimum absolute atomic E-state index is 0.0206. The van der Waals surface area contributed by atoms with E-state index in [-0.39, 0.29) is 34.4 Å².